The molecule has 2 N–H and O–H groups in total. The summed E-state index contributed by atoms with van der Waals surface area (Å²) in [6.07, 6.45) is 2.24. The number of nitrogens with one attached hydrogen (secondary N) is 1. The van der Waals surface area contributed by atoms with Crippen LogP contribution < -0.4 is 5.32 Å². The number of aliphatic hydroxyl groups is 1. The van der Waals surface area contributed by atoms with Crippen LogP contribution in [0.5, 0.6) is 0 Å². The van der Waals surface area contributed by atoms with Crippen LogP contribution in [-0.2, 0) is 0 Å². The van der Waals surface area contributed by atoms with Gasteiger partial charge in [-0.3, -0.25) is 0 Å². The number of β-amino-alcohol motifs (C(OH)–C–C–N with tert-alkyl or cyclic N) is 1. The third kappa shape index (κ3) is 3.23. The Morgan fingerprint density at radius 3 is 2.79 bits per heavy atom. The lowest BCUT2D eigenvalue weighted by Gasteiger charge is -2.38. The van der Waals surface area contributed by atoms with Gasteiger partial charge in [-0.25, -0.2) is 0 Å². The molecular weight excluding hydrogens is 176 g/mol. The third-order valence-corrected chi connectivity index (χ3v) is 3.24. The van der Waals surface area contributed by atoms with Gasteiger partial charge in [0.15, 0.2) is 0 Å². The average Bonchev–Trinajstić information content (AvgIpc) is 2.16. The summed E-state index contributed by atoms with van der Waals surface area (Å²) in [4.78, 5) is 2.38. The summed E-state index contributed by atoms with van der Waals surface area (Å²) >= 11 is 0. The minimum absolute atomic E-state index is 0.196. The van der Waals surface area contributed by atoms with Crippen LogP contribution in [-0.4, -0.2) is 48.8 Å². The van der Waals surface area contributed by atoms with Gasteiger partial charge in [0.25, 0.3) is 0 Å². The van der Waals surface area contributed by atoms with E-state index in [1.54, 1.807) is 0 Å². The summed E-state index contributed by atoms with van der Waals surface area (Å²) in [5.41, 5.74) is 0. The SMILES string of the molecule is CCC1CN(CC(C)O)CCC1NC. The first-order valence-electron chi connectivity index (χ1n) is 5.75. The summed E-state index contributed by atoms with van der Waals surface area (Å²) < 4.78 is 0. The molecule has 0 aromatic heterocycles. The zero-order valence-electron chi connectivity index (χ0n) is 9.66. The lowest BCUT2D eigenvalue weighted by Crippen LogP contribution is -2.49. The Bertz CT molecular complexity index is 161. The van der Waals surface area contributed by atoms with Gasteiger partial charge in [0, 0.05) is 19.1 Å². The predicted octanol–water partition coefficient (Wildman–Crippen LogP) is 0.687. The van der Waals surface area contributed by atoms with E-state index in [1.165, 1.54) is 12.8 Å². The fraction of sp³-hybridized carbons (Fsp3) is 1.00. The molecule has 84 valence electrons. The van der Waals surface area contributed by atoms with Crippen molar-refractivity contribution < 1.29 is 5.11 Å². The van der Waals surface area contributed by atoms with Crippen molar-refractivity contribution in [1.29, 1.82) is 0 Å². The minimum atomic E-state index is -0.196. The van der Waals surface area contributed by atoms with Crippen molar-refractivity contribution in [3.8, 4) is 0 Å². The average molecular weight is 200 g/mol. The zero-order valence-corrected chi connectivity index (χ0v) is 9.66. The van der Waals surface area contributed by atoms with Gasteiger partial charge in [0.1, 0.15) is 0 Å². The fourth-order valence-corrected chi connectivity index (χ4v) is 2.44. The van der Waals surface area contributed by atoms with Gasteiger partial charge in [-0.05, 0) is 32.9 Å². The zero-order chi connectivity index (χ0) is 10.6. The predicted molar refractivity (Wildman–Crippen MR) is 59.4 cm³/mol. The number of likely N-dealkylation sites (tertiary alicyclic amines) is 1. The van der Waals surface area contributed by atoms with Gasteiger partial charge in [-0.2, -0.15) is 0 Å². The maximum absolute atomic E-state index is 9.33. The molecule has 0 aliphatic carbocycles. The molecule has 1 rings (SSSR count). The van der Waals surface area contributed by atoms with Crippen molar-refractivity contribution in [3.05, 3.63) is 0 Å². The molecule has 3 heteroatoms. The monoisotopic (exact) mass is 200 g/mol. The first-order chi connectivity index (χ1) is 6.67. The summed E-state index contributed by atoms with van der Waals surface area (Å²) in [6, 6.07) is 0.672. The second-order valence-corrected chi connectivity index (χ2v) is 4.46. The number of piperidine rings is 1. The van der Waals surface area contributed by atoms with E-state index in [0.29, 0.717) is 6.04 Å². The number of nitrogens with zero attached hydrogens (tertiary/aromatic N) is 1. The van der Waals surface area contributed by atoms with E-state index in [9.17, 15) is 5.11 Å². The molecule has 0 saturated carbocycles. The molecule has 1 saturated heterocycles. The van der Waals surface area contributed by atoms with Crippen LogP contribution >= 0.6 is 0 Å². The quantitative estimate of drug-likeness (QED) is 0.701. The topological polar surface area (TPSA) is 35.5 Å². The van der Waals surface area contributed by atoms with Crippen LogP contribution in [0.4, 0.5) is 0 Å². The lowest BCUT2D eigenvalue weighted by atomic mass is 9.90. The van der Waals surface area contributed by atoms with E-state index in [1.807, 2.05) is 6.92 Å². The van der Waals surface area contributed by atoms with Gasteiger partial charge in [-0.1, -0.05) is 13.3 Å². The molecule has 0 amide bonds. The Labute approximate surface area is 87.5 Å². The van der Waals surface area contributed by atoms with E-state index in [4.69, 9.17) is 0 Å². The molecule has 0 spiro atoms. The molecule has 1 aliphatic rings. The smallest absolute Gasteiger partial charge is 0.0639 e. The highest BCUT2D eigenvalue weighted by molar-refractivity contribution is 4.84. The first-order valence-corrected chi connectivity index (χ1v) is 5.75. The molecule has 1 fully saturated rings. The number of hydrogen-bond donors (Lipinski definition) is 2. The molecule has 1 heterocycles. The number of rotatable bonds is 4. The van der Waals surface area contributed by atoms with Gasteiger partial charge in [-0.15, -0.1) is 0 Å². The second-order valence-electron chi connectivity index (χ2n) is 4.46. The van der Waals surface area contributed by atoms with Crippen LogP contribution in [0.1, 0.15) is 26.7 Å². The van der Waals surface area contributed by atoms with Crippen LogP contribution in [0.3, 0.4) is 0 Å². The van der Waals surface area contributed by atoms with Crippen molar-refractivity contribution in [2.75, 3.05) is 26.7 Å². The Morgan fingerprint density at radius 2 is 2.29 bits per heavy atom. The van der Waals surface area contributed by atoms with Crippen molar-refractivity contribution in [3.63, 3.8) is 0 Å². The molecule has 0 aromatic rings. The van der Waals surface area contributed by atoms with Gasteiger partial charge >= 0.3 is 0 Å². The first kappa shape index (κ1) is 12.0. The molecule has 0 radical (unpaired) electrons. The van der Waals surface area contributed by atoms with Crippen LogP contribution in [0.2, 0.25) is 0 Å². The molecule has 3 nitrogen and oxygen atoms in total. The van der Waals surface area contributed by atoms with E-state index in [-0.39, 0.29) is 6.10 Å². The van der Waals surface area contributed by atoms with E-state index in [2.05, 4.69) is 24.2 Å². The number of aliphatic hydroxyl groups excluding tert-OH is 1. The van der Waals surface area contributed by atoms with Gasteiger partial charge in [0.2, 0.25) is 0 Å². The molecule has 0 aromatic carbocycles. The standard InChI is InChI=1S/C11H24N2O/c1-4-10-8-13(7-9(2)14)6-5-11(10)12-3/h9-12,14H,4-8H2,1-3H3. The Kier molecular flexibility index (Phi) is 4.85. The molecule has 14 heavy (non-hydrogen) atoms. The Hall–Kier alpha value is -0.120. The Morgan fingerprint density at radius 1 is 1.57 bits per heavy atom. The summed E-state index contributed by atoms with van der Waals surface area (Å²) in [5, 5.41) is 12.7. The molecule has 3 unspecified atom stereocenters. The van der Waals surface area contributed by atoms with E-state index >= 15 is 0 Å². The maximum Gasteiger partial charge on any atom is 0.0639 e. The molecule has 0 bridgehead atoms. The highest BCUT2D eigenvalue weighted by Crippen LogP contribution is 2.19. The van der Waals surface area contributed by atoms with Gasteiger partial charge in [0.05, 0.1) is 6.10 Å². The molecule has 1 aliphatic heterocycles. The largest absolute Gasteiger partial charge is 0.392 e. The summed E-state index contributed by atoms with van der Waals surface area (Å²) in [6.45, 7) is 7.19. The van der Waals surface area contributed by atoms with E-state index < -0.39 is 0 Å². The van der Waals surface area contributed by atoms with Crippen molar-refractivity contribution >= 4 is 0 Å². The van der Waals surface area contributed by atoms with Crippen LogP contribution in [0.15, 0.2) is 0 Å². The van der Waals surface area contributed by atoms with Crippen molar-refractivity contribution in [2.45, 2.75) is 38.8 Å². The highest BCUT2D eigenvalue weighted by atomic mass is 16.3. The van der Waals surface area contributed by atoms with Crippen molar-refractivity contribution in [2.24, 2.45) is 5.92 Å². The highest BCUT2D eigenvalue weighted by Gasteiger charge is 2.26. The van der Waals surface area contributed by atoms with Crippen molar-refractivity contribution in [1.82, 2.24) is 10.2 Å². The lowest BCUT2D eigenvalue weighted by molar-refractivity contribution is 0.0802. The second kappa shape index (κ2) is 5.69. The third-order valence-electron chi connectivity index (χ3n) is 3.24. The van der Waals surface area contributed by atoms with E-state index in [0.717, 1.165) is 25.6 Å². The fourth-order valence-electron chi connectivity index (χ4n) is 2.44. The summed E-state index contributed by atoms with van der Waals surface area (Å²) in [7, 11) is 2.05. The Balaban J connectivity index is 2.40. The molecular formula is C11H24N2O. The molecule has 3 atom stereocenters. The maximum atomic E-state index is 9.33. The minimum Gasteiger partial charge on any atom is -0.392 e. The normalized spacial score (nSPS) is 31.7. The van der Waals surface area contributed by atoms with Gasteiger partial charge < -0.3 is 15.3 Å². The van der Waals surface area contributed by atoms with Crippen LogP contribution in [0, 0.1) is 5.92 Å². The summed E-state index contributed by atoms with van der Waals surface area (Å²) in [5.74, 6) is 0.743. The van der Waals surface area contributed by atoms with Crippen LogP contribution in [0.25, 0.3) is 0 Å². The number of hydrogen-bond acceptors (Lipinski definition) is 3.